The Morgan fingerprint density at radius 1 is 1.23 bits per heavy atom. The van der Waals surface area contributed by atoms with Gasteiger partial charge in [0.1, 0.15) is 0 Å². The summed E-state index contributed by atoms with van der Waals surface area (Å²) in [6, 6.07) is 4.06. The fourth-order valence-corrected chi connectivity index (χ4v) is 4.53. The van der Waals surface area contributed by atoms with Crippen molar-refractivity contribution in [3.8, 4) is 0 Å². The van der Waals surface area contributed by atoms with Gasteiger partial charge in [0.05, 0.1) is 10.8 Å². The lowest BCUT2D eigenvalue weighted by molar-refractivity contribution is -0.142. The summed E-state index contributed by atoms with van der Waals surface area (Å²) in [4.78, 5) is 22.1. The summed E-state index contributed by atoms with van der Waals surface area (Å²) in [5, 5.41) is 8.95. The summed E-state index contributed by atoms with van der Waals surface area (Å²) in [7, 11) is -3.79. The third-order valence-electron chi connectivity index (χ3n) is 3.60. The number of hydrogen-bond acceptors (Lipinski definition) is 4. The van der Waals surface area contributed by atoms with Crippen molar-refractivity contribution in [3.63, 3.8) is 0 Å². The molecule has 0 aromatic heterocycles. The molecule has 1 aliphatic rings. The number of carbonyl (C=O) groups is 2. The number of halogens is 1. The van der Waals surface area contributed by atoms with Crippen molar-refractivity contribution in [1.82, 2.24) is 4.31 Å². The molecule has 1 heterocycles. The van der Waals surface area contributed by atoms with Gasteiger partial charge in [0.2, 0.25) is 15.9 Å². The Labute approximate surface area is 136 Å². The first-order valence-corrected chi connectivity index (χ1v) is 8.78. The van der Waals surface area contributed by atoms with Gasteiger partial charge in [0.25, 0.3) is 0 Å². The number of primary amides is 1. The van der Waals surface area contributed by atoms with Crippen molar-refractivity contribution in [3.05, 3.63) is 28.2 Å². The number of nitrogens with two attached hydrogens (primary N) is 1. The summed E-state index contributed by atoms with van der Waals surface area (Å²) in [5.41, 5.74) is 5.28. The van der Waals surface area contributed by atoms with Crippen LogP contribution in [0.4, 0.5) is 0 Å². The van der Waals surface area contributed by atoms with E-state index in [4.69, 9.17) is 10.8 Å². The fraction of sp³-hybridized carbons (Fsp3) is 0.385. The maximum Gasteiger partial charge on any atom is 0.306 e. The second-order valence-electron chi connectivity index (χ2n) is 5.06. The summed E-state index contributed by atoms with van der Waals surface area (Å²) in [5.74, 6) is -2.15. The third kappa shape index (κ3) is 3.47. The van der Waals surface area contributed by atoms with E-state index < -0.39 is 27.8 Å². The SMILES string of the molecule is NC(=O)c1cc(Br)cc(S(=O)(=O)N2CCC(C(=O)O)CC2)c1. The van der Waals surface area contributed by atoms with Gasteiger partial charge in [-0.25, -0.2) is 8.42 Å². The van der Waals surface area contributed by atoms with Crippen LogP contribution in [0, 0.1) is 5.92 Å². The first-order chi connectivity index (χ1) is 10.2. The van der Waals surface area contributed by atoms with E-state index in [0.717, 1.165) is 0 Å². The quantitative estimate of drug-likeness (QED) is 0.795. The number of sulfonamides is 1. The second-order valence-corrected chi connectivity index (χ2v) is 7.91. The highest BCUT2D eigenvalue weighted by Crippen LogP contribution is 2.26. The monoisotopic (exact) mass is 390 g/mol. The van der Waals surface area contributed by atoms with Crippen molar-refractivity contribution in [2.24, 2.45) is 11.7 Å². The first kappa shape index (κ1) is 16.9. The number of amides is 1. The summed E-state index contributed by atoms with van der Waals surface area (Å²) < 4.78 is 26.9. The molecular weight excluding hydrogens is 376 g/mol. The molecule has 1 saturated heterocycles. The molecule has 0 bridgehead atoms. The van der Waals surface area contributed by atoms with Gasteiger partial charge in [-0.15, -0.1) is 0 Å². The molecule has 1 amide bonds. The molecule has 0 aliphatic carbocycles. The highest BCUT2D eigenvalue weighted by molar-refractivity contribution is 9.10. The summed E-state index contributed by atoms with van der Waals surface area (Å²) >= 11 is 3.16. The normalized spacial score (nSPS) is 17.3. The topological polar surface area (TPSA) is 118 Å². The van der Waals surface area contributed by atoms with Crippen molar-refractivity contribution < 1.29 is 23.1 Å². The highest BCUT2D eigenvalue weighted by Gasteiger charge is 2.32. The number of benzene rings is 1. The van der Waals surface area contributed by atoms with Crippen LogP contribution in [0.3, 0.4) is 0 Å². The standard InChI is InChI=1S/C13H15BrN2O5S/c14-10-5-9(12(15)17)6-11(7-10)22(20,21)16-3-1-8(2-4-16)13(18)19/h5-8H,1-4H2,(H2,15,17)(H,18,19). The Kier molecular flexibility index (Phi) is 4.88. The first-order valence-electron chi connectivity index (χ1n) is 6.55. The number of nitrogens with zero attached hydrogens (tertiary/aromatic N) is 1. The zero-order chi connectivity index (χ0) is 16.5. The zero-order valence-corrected chi connectivity index (χ0v) is 13.9. The van der Waals surface area contributed by atoms with Crippen LogP contribution in [-0.2, 0) is 14.8 Å². The van der Waals surface area contributed by atoms with E-state index in [1.807, 2.05) is 0 Å². The molecule has 3 N–H and O–H groups in total. The molecule has 1 aromatic rings. The van der Waals surface area contributed by atoms with Crippen molar-refractivity contribution in [2.45, 2.75) is 17.7 Å². The number of carboxylic acids is 1. The maximum absolute atomic E-state index is 12.6. The lowest BCUT2D eigenvalue weighted by atomic mass is 9.99. The van der Waals surface area contributed by atoms with Gasteiger partial charge in [0.15, 0.2) is 0 Å². The Morgan fingerprint density at radius 3 is 2.32 bits per heavy atom. The number of hydrogen-bond donors (Lipinski definition) is 2. The molecule has 1 aromatic carbocycles. The molecular formula is C13H15BrN2O5S. The zero-order valence-electron chi connectivity index (χ0n) is 11.5. The predicted molar refractivity (Wildman–Crippen MR) is 81.8 cm³/mol. The molecule has 0 radical (unpaired) electrons. The summed E-state index contributed by atoms with van der Waals surface area (Å²) in [6.07, 6.45) is 0.538. The predicted octanol–water partition coefficient (Wildman–Crippen LogP) is 1.03. The number of carboxylic acid groups (broad SMARTS) is 1. The van der Waals surface area contributed by atoms with Crippen LogP contribution < -0.4 is 5.73 Å². The Balaban J connectivity index is 2.28. The Morgan fingerprint density at radius 2 is 1.82 bits per heavy atom. The maximum atomic E-state index is 12.6. The molecule has 0 unspecified atom stereocenters. The molecule has 0 atom stereocenters. The number of aliphatic carboxylic acids is 1. The van der Waals surface area contributed by atoms with Crippen LogP contribution >= 0.6 is 15.9 Å². The molecule has 7 nitrogen and oxygen atoms in total. The van der Waals surface area contributed by atoms with Crippen LogP contribution in [0.2, 0.25) is 0 Å². The second kappa shape index (κ2) is 6.35. The van der Waals surface area contributed by atoms with Crippen LogP contribution in [0.1, 0.15) is 23.2 Å². The van der Waals surface area contributed by atoms with Crippen LogP contribution in [0.5, 0.6) is 0 Å². The van der Waals surface area contributed by atoms with Crippen molar-refractivity contribution >= 4 is 37.8 Å². The molecule has 1 aliphatic heterocycles. The van der Waals surface area contributed by atoms with E-state index in [1.54, 1.807) is 0 Å². The van der Waals surface area contributed by atoms with E-state index in [0.29, 0.717) is 4.47 Å². The lowest BCUT2D eigenvalue weighted by Gasteiger charge is -2.29. The smallest absolute Gasteiger partial charge is 0.306 e. The van der Waals surface area contributed by atoms with Gasteiger partial charge in [-0.1, -0.05) is 15.9 Å². The molecule has 9 heteroatoms. The molecule has 0 spiro atoms. The molecule has 0 saturated carbocycles. The summed E-state index contributed by atoms with van der Waals surface area (Å²) in [6.45, 7) is 0.273. The number of rotatable bonds is 4. The molecule has 22 heavy (non-hydrogen) atoms. The van der Waals surface area contributed by atoms with Gasteiger partial charge in [0, 0.05) is 23.1 Å². The van der Waals surface area contributed by atoms with Crippen LogP contribution in [-0.4, -0.2) is 42.8 Å². The van der Waals surface area contributed by atoms with Crippen molar-refractivity contribution in [1.29, 1.82) is 0 Å². The van der Waals surface area contributed by atoms with Gasteiger partial charge in [-0.2, -0.15) is 4.31 Å². The van der Waals surface area contributed by atoms with E-state index >= 15 is 0 Å². The third-order valence-corrected chi connectivity index (χ3v) is 5.93. The Bertz CT molecular complexity index is 711. The van der Waals surface area contributed by atoms with Gasteiger partial charge >= 0.3 is 5.97 Å². The van der Waals surface area contributed by atoms with Gasteiger partial charge in [-0.05, 0) is 31.0 Å². The molecule has 2 rings (SSSR count). The number of piperidine rings is 1. The molecule has 1 fully saturated rings. The average molecular weight is 391 g/mol. The van der Waals surface area contributed by atoms with Crippen LogP contribution in [0.15, 0.2) is 27.6 Å². The fourth-order valence-electron chi connectivity index (χ4n) is 2.35. The van der Waals surface area contributed by atoms with Crippen molar-refractivity contribution in [2.75, 3.05) is 13.1 Å². The minimum atomic E-state index is -3.79. The minimum Gasteiger partial charge on any atom is -0.481 e. The van der Waals surface area contributed by atoms with Crippen LogP contribution in [0.25, 0.3) is 0 Å². The number of carbonyl (C=O) groups excluding carboxylic acids is 1. The van der Waals surface area contributed by atoms with E-state index in [-0.39, 0.29) is 36.4 Å². The van der Waals surface area contributed by atoms with Gasteiger partial charge < -0.3 is 10.8 Å². The highest BCUT2D eigenvalue weighted by atomic mass is 79.9. The Hall–Kier alpha value is -1.45. The van der Waals surface area contributed by atoms with E-state index in [2.05, 4.69) is 15.9 Å². The largest absolute Gasteiger partial charge is 0.481 e. The average Bonchev–Trinajstić information content (AvgIpc) is 2.46. The minimum absolute atomic E-state index is 0.0375. The van der Waals surface area contributed by atoms with Gasteiger partial charge in [-0.3, -0.25) is 9.59 Å². The van der Waals surface area contributed by atoms with E-state index in [1.165, 1.54) is 22.5 Å². The van der Waals surface area contributed by atoms with E-state index in [9.17, 15) is 18.0 Å². The lowest BCUT2D eigenvalue weighted by Crippen LogP contribution is -2.40. The molecule has 120 valence electrons.